The molecule has 150 valence electrons. The molecule has 0 spiro atoms. The second-order valence-electron chi connectivity index (χ2n) is 6.84. The molecule has 0 radical (unpaired) electrons. The zero-order valence-electron chi connectivity index (χ0n) is 14.0. The zero-order valence-corrected chi connectivity index (χ0v) is 14.0. The molecule has 1 aromatic carbocycles. The van der Waals surface area contributed by atoms with Crippen molar-refractivity contribution in [3.8, 4) is 0 Å². The number of amides is 1. The van der Waals surface area contributed by atoms with Crippen molar-refractivity contribution in [2.24, 2.45) is 0 Å². The Morgan fingerprint density at radius 3 is 2.46 bits per heavy atom. The van der Waals surface area contributed by atoms with E-state index in [9.17, 15) is 36.2 Å². The maximum atomic E-state index is 14.0. The van der Waals surface area contributed by atoms with Crippen molar-refractivity contribution in [3.63, 3.8) is 0 Å². The van der Waals surface area contributed by atoms with Crippen LogP contribution in [-0.2, 0) is 23.9 Å². The van der Waals surface area contributed by atoms with E-state index in [2.05, 4.69) is 10.2 Å². The Morgan fingerprint density at radius 2 is 1.79 bits per heavy atom. The SMILES string of the molecule is O=C1C[C@](O)(Cc2cc(F)c(F)cc2F)[C@H]2c3nnc(C(F)(F)F)n3CCN12. The first-order valence-electron chi connectivity index (χ1n) is 8.17. The van der Waals surface area contributed by atoms with Crippen LogP contribution in [0.2, 0.25) is 0 Å². The highest BCUT2D eigenvalue weighted by Crippen LogP contribution is 2.45. The summed E-state index contributed by atoms with van der Waals surface area (Å²) in [6.07, 6.45) is -5.96. The average Bonchev–Trinajstić information content (AvgIpc) is 3.12. The van der Waals surface area contributed by atoms with Gasteiger partial charge in [0.15, 0.2) is 17.5 Å². The van der Waals surface area contributed by atoms with Gasteiger partial charge in [0.05, 0.1) is 6.42 Å². The number of aliphatic hydroxyl groups is 1. The summed E-state index contributed by atoms with van der Waals surface area (Å²) in [5.74, 6) is -6.07. The van der Waals surface area contributed by atoms with Crippen LogP contribution in [0.3, 0.4) is 0 Å². The summed E-state index contributed by atoms with van der Waals surface area (Å²) in [5, 5.41) is 17.7. The normalized spacial score (nSPS) is 24.5. The van der Waals surface area contributed by atoms with E-state index in [-0.39, 0.29) is 18.9 Å². The summed E-state index contributed by atoms with van der Waals surface area (Å²) in [6, 6.07) is -0.483. The zero-order chi connectivity index (χ0) is 20.4. The lowest BCUT2D eigenvalue weighted by molar-refractivity contribution is -0.148. The van der Waals surface area contributed by atoms with Gasteiger partial charge in [0.1, 0.15) is 17.5 Å². The molecule has 4 rings (SSSR count). The van der Waals surface area contributed by atoms with Crippen molar-refractivity contribution in [1.82, 2.24) is 19.7 Å². The summed E-state index contributed by atoms with van der Waals surface area (Å²) in [4.78, 5) is 13.4. The fraction of sp³-hybridized carbons (Fsp3) is 0.438. The topological polar surface area (TPSA) is 71.2 Å². The first-order chi connectivity index (χ1) is 13.0. The highest BCUT2D eigenvalue weighted by atomic mass is 19.4. The van der Waals surface area contributed by atoms with E-state index < -0.39 is 65.4 Å². The number of halogens is 6. The molecule has 0 unspecified atom stereocenters. The summed E-state index contributed by atoms with van der Waals surface area (Å²) >= 11 is 0. The molecule has 1 aromatic heterocycles. The lowest BCUT2D eigenvalue weighted by Crippen LogP contribution is -2.45. The Kier molecular flexibility index (Phi) is 3.97. The highest BCUT2D eigenvalue weighted by molar-refractivity contribution is 5.81. The van der Waals surface area contributed by atoms with Crippen LogP contribution < -0.4 is 0 Å². The molecule has 0 aliphatic carbocycles. The molecule has 2 aromatic rings. The molecular formula is C16H12F6N4O2. The van der Waals surface area contributed by atoms with Crippen LogP contribution in [0.1, 0.15) is 29.7 Å². The number of aromatic nitrogens is 3. The number of nitrogens with zero attached hydrogens (tertiary/aromatic N) is 4. The predicted octanol–water partition coefficient (Wildman–Crippen LogP) is 1.97. The Bertz CT molecular complexity index is 975. The van der Waals surface area contributed by atoms with Crippen molar-refractivity contribution < 1.29 is 36.2 Å². The predicted molar refractivity (Wildman–Crippen MR) is 79.1 cm³/mol. The van der Waals surface area contributed by atoms with E-state index in [1.165, 1.54) is 0 Å². The minimum Gasteiger partial charge on any atom is -0.386 e. The molecule has 2 aliphatic heterocycles. The number of hydrogen-bond acceptors (Lipinski definition) is 4. The van der Waals surface area contributed by atoms with Gasteiger partial charge in [-0.3, -0.25) is 4.79 Å². The van der Waals surface area contributed by atoms with Crippen molar-refractivity contribution >= 4 is 5.91 Å². The van der Waals surface area contributed by atoms with Crippen LogP contribution in [0.4, 0.5) is 26.3 Å². The van der Waals surface area contributed by atoms with Gasteiger partial charge in [0.2, 0.25) is 11.7 Å². The van der Waals surface area contributed by atoms with Gasteiger partial charge < -0.3 is 14.6 Å². The van der Waals surface area contributed by atoms with E-state index in [1.54, 1.807) is 0 Å². The Balaban J connectivity index is 1.77. The standard InChI is InChI=1S/C16H12F6N4O2/c17-8-4-10(19)9(18)3-7(8)5-15(28)6-11(27)25-1-2-26-13(12(15)25)23-24-14(26)16(20,21)22/h3-4,12,28H,1-2,5-6H2/t12-,15-/m1/s1. The lowest BCUT2D eigenvalue weighted by atomic mass is 9.86. The van der Waals surface area contributed by atoms with E-state index >= 15 is 0 Å². The van der Waals surface area contributed by atoms with Crippen molar-refractivity contribution in [1.29, 1.82) is 0 Å². The van der Waals surface area contributed by atoms with Gasteiger partial charge in [-0.15, -0.1) is 10.2 Å². The molecule has 3 heterocycles. The molecular weight excluding hydrogens is 394 g/mol. The second-order valence-corrected chi connectivity index (χ2v) is 6.84. The minimum absolute atomic E-state index is 0.139. The summed E-state index contributed by atoms with van der Waals surface area (Å²) in [5.41, 5.74) is -2.49. The van der Waals surface area contributed by atoms with Crippen molar-refractivity contribution in [2.75, 3.05) is 6.54 Å². The largest absolute Gasteiger partial charge is 0.451 e. The summed E-state index contributed by atoms with van der Waals surface area (Å²) in [7, 11) is 0. The Hall–Kier alpha value is -2.63. The van der Waals surface area contributed by atoms with Crippen LogP contribution in [-0.4, -0.2) is 42.8 Å². The molecule has 6 nitrogen and oxygen atoms in total. The number of carbonyl (C=O) groups excluding carboxylic acids is 1. The molecule has 12 heteroatoms. The molecule has 1 amide bonds. The molecule has 1 N–H and O–H groups in total. The van der Waals surface area contributed by atoms with Crippen LogP contribution in [0, 0.1) is 17.5 Å². The highest BCUT2D eigenvalue weighted by Gasteiger charge is 2.56. The van der Waals surface area contributed by atoms with Crippen molar-refractivity contribution in [2.45, 2.75) is 37.2 Å². The Morgan fingerprint density at radius 1 is 1.11 bits per heavy atom. The average molecular weight is 406 g/mol. The molecule has 2 aliphatic rings. The molecule has 0 bridgehead atoms. The van der Waals surface area contributed by atoms with Gasteiger partial charge in [-0.05, 0) is 11.6 Å². The first-order valence-corrected chi connectivity index (χ1v) is 8.17. The van der Waals surface area contributed by atoms with Crippen LogP contribution >= 0.6 is 0 Å². The molecule has 2 atom stereocenters. The maximum Gasteiger partial charge on any atom is 0.451 e. The van der Waals surface area contributed by atoms with Crippen LogP contribution in [0.25, 0.3) is 0 Å². The van der Waals surface area contributed by atoms with E-state index in [0.29, 0.717) is 12.1 Å². The third kappa shape index (κ3) is 2.74. The molecule has 1 saturated heterocycles. The number of benzene rings is 1. The number of hydrogen-bond donors (Lipinski definition) is 1. The van der Waals surface area contributed by atoms with E-state index in [4.69, 9.17) is 0 Å². The first kappa shape index (κ1) is 18.7. The third-order valence-electron chi connectivity index (χ3n) is 5.03. The lowest BCUT2D eigenvalue weighted by Gasteiger charge is -2.37. The van der Waals surface area contributed by atoms with Crippen LogP contribution in [0.5, 0.6) is 0 Å². The van der Waals surface area contributed by atoms with Gasteiger partial charge >= 0.3 is 6.18 Å². The van der Waals surface area contributed by atoms with E-state index in [1.807, 2.05) is 0 Å². The maximum absolute atomic E-state index is 14.0. The second kappa shape index (κ2) is 5.93. The van der Waals surface area contributed by atoms with Gasteiger partial charge in [-0.2, -0.15) is 13.2 Å². The third-order valence-corrected chi connectivity index (χ3v) is 5.03. The smallest absolute Gasteiger partial charge is 0.386 e. The minimum atomic E-state index is -4.79. The number of alkyl halides is 3. The van der Waals surface area contributed by atoms with Gasteiger partial charge in [0, 0.05) is 25.6 Å². The monoisotopic (exact) mass is 406 g/mol. The fourth-order valence-electron chi connectivity index (χ4n) is 3.87. The van der Waals surface area contributed by atoms with Gasteiger partial charge in [-0.1, -0.05) is 0 Å². The number of rotatable bonds is 2. The van der Waals surface area contributed by atoms with Gasteiger partial charge in [-0.25, -0.2) is 13.2 Å². The Labute approximate surface area is 153 Å². The summed E-state index contributed by atoms with van der Waals surface area (Å²) in [6.45, 7) is -0.366. The quantitative estimate of drug-likeness (QED) is 0.612. The van der Waals surface area contributed by atoms with Crippen molar-refractivity contribution in [3.05, 3.63) is 46.8 Å². The van der Waals surface area contributed by atoms with E-state index in [0.717, 1.165) is 9.47 Å². The van der Waals surface area contributed by atoms with Crippen LogP contribution in [0.15, 0.2) is 12.1 Å². The summed E-state index contributed by atoms with van der Waals surface area (Å²) < 4.78 is 80.8. The molecule has 0 saturated carbocycles. The number of carbonyl (C=O) groups is 1. The van der Waals surface area contributed by atoms with Gasteiger partial charge in [0.25, 0.3) is 0 Å². The molecule has 28 heavy (non-hydrogen) atoms. The fourth-order valence-corrected chi connectivity index (χ4v) is 3.87. The number of fused-ring (bicyclic) bond motifs is 3. The molecule has 1 fully saturated rings.